The molecule has 0 saturated heterocycles. The molecule has 0 unspecified atom stereocenters. The van der Waals surface area contributed by atoms with Crippen LogP contribution in [0.25, 0.3) is 22.3 Å². The Hall–Kier alpha value is -3.50. The molecular formula is C24H27N7O2S. The summed E-state index contributed by atoms with van der Waals surface area (Å²) < 4.78 is 29.1. The van der Waals surface area contributed by atoms with E-state index < -0.39 is 10.0 Å². The van der Waals surface area contributed by atoms with E-state index in [9.17, 15) is 8.42 Å². The van der Waals surface area contributed by atoms with E-state index in [1.54, 1.807) is 0 Å². The Morgan fingerprint density at radius 1 is 1.03 bits per heavy atom. The molecule has 0 spiro atoms. The summed E-state index contributed by atoms with van der Waals surface area (Å²) in [4.78, 5) is 14.0. The molecule has 1 aliphatic carbocycles. The number of aryl methyl sites for hydroxylation is 2. The van der Waals surface area contributed by atoms with Gasteiger partial charge in [0.05, 0.1) is 28.6 Å². The predicted octanol–water partition coefficient (Wildman–Crippen LogP) is 3.84. The summed E-state index contributed by atoms with van der Waals surface area (Å²) in [6.07, 6.45) is 1.43. The number of hydrogen-bond acceptors (Lipinski definition) is 7. The van der Waals surface area contributed by atoms with E-state index in [1.807, 2.05) is 74.0 Å². The van der Waals surface area contributed by atoms with Gasteiger partial charge >= 0.3 is 0 Å². The maximum Gasteiger partial charge on any atom is 0.229 e. The average molecular weight is 478 g/mol. The van der Waals surface area contributed by atoms with E-state index in [-0.39, 0.29) is 11.9 Å². The summed E-state index contributed by atoms with van der Waals surface area (Å²) in [6, 6.07) is 15.8. The van der Waals surface area contributed by atoms with Gasteiger partial charge in [-0.05, 0) is 44.9 Å². The molecule has 4 aromatic rings. The minimum absolute atomic E-state index is 0.0591. The van der Waals surface area contributed by atoms with Crippen molar-refractivity contribution in [3.8, 4) is 11.3 Å². The average Bonchev–Trinajstić information content (AvgIpc) is 3.64. The summed E-state index contributed by atoms with van der Waals surface area (Å²) in [5.41, 5.74) is 5.28. The fraction of sp³-hybridized carbons (Fsp3) is 0.292. The number of benzene rings is 2. The van der Waals surface area contributed by atoms with Crippen LogP contribution in [0.4, 0.5) is 17.5 Å². The van der Waals surface area contributed by atoms with Crippen LogP contribution in [-0.2, 0) is 17.1 Å². The minimum atomic E-state index is -3.29. The third-order valence-corrected chi connectivity index (χ3v) is 7.94. The first-order valence-corrected chi connectivity index (χ1v) is 12.7. The van der Waals surface area contributed by atoms with Gasteiger partial charge in [0, 0.05) is 23.9 Å². The first kappa shape index (κ1) is 22.3. The van der Waals surface area contributed by atoms with Crippen molar-refractivity contribution in [3.05, 3.63) is 59.9 Å². The van der Waals surface area contributed by atoms with Crippen LogP contribution in [0.5, 0.6) is 0 Å². The zero-order valence-corrected chi connectivity index (χ0v) is 20.1. The molecule has 10 heteroatoms. The van der Waals surface area contributed by atoms with E-state index in [1.165, 1.54) is 0 Å². The number of imidazole rings is 1. The van der Waals surface area contributed by atoms with Gasteiger partial charge in [0.1, 0.15) is 11.6 Å². The number of nitrogens with one attached hydrogen (secondary N) is 3. The molecule has 2 aromatic heterocycles. The molecule has 1 saturated carbocycles. The molecule has 0 amide bonds. The van der Waals surface area contributed by atoms with Crippen molar-refractivity contribution in [2.24, 2.45) is 7.05 Å². The minimum Gasteiger partial charge on any atom is -0.356 e. The molecular weight excluding hydrogens is 450 g/mol. The van der Waals surface area contributed by atoms with Gasteiger partial charge in [-0.2, -0.15) is 9.71 Å². The molecule has 2 aromatic carbocycles. The first-order chi connectivity index (χ1) is 16.3. The number of sulfonamides is 1. The largest absolute Gasteiger partial charge is 0.356 e. The van der Waals surface area contributed by atoms with Crippen LogP contribution in [0.2, 0.25) is 0 Å². The second-order valence-corrected chi connectivity index (χ2v) is 10.6. The third kappa shape index (κ3) is 4.46. The van der Waals surface area contributed by atoms with Gasteiger partial charge in [0.2, 0.25) is 16.0 Å². The van der Waals surface area contributed by atoms with Crippen molar-refractivity contribution >= 4 is 38.5 Å². The zero-order chi connectivity index (χ0) is 23.9. The third-order valence-electron chi connectivity index (χ3n) is 6.05. The van der Waals surface area contributed by atoms with Crippen LogP contribution in [0.15, 0.2) is 48.5 Å². The summed E-state index contributed by atoms with van der Waals surface area (Å²) in [7, 11) is -1.31. The van der Waals surface area contributed by atoms with E-state index in [2.05, 4.69) is 25.3 Å². The SMILES string of the molecule is Cc1c(NCNS(=O)(=O)C2CC2)nc(Nc2ccc3c(c2)nc(C)n3C)nc1-c1ccccc1. The molecule has 176 valence electrons. The summed E-state index contributed by atoms with van der Waals surface area (Å²) >= 11 is 0. The monoisotopic (exact) mass is 477 g/mol. The van der Waals surface area contributed by atoms with Crippen molar-refractivity contribution in [1.82, 2.24) is 24.2 Å². The van der Waals surface area contributed by atoms with Gasteiger partial charge in [-0.1, -0.05) is 30.3 Å². The van der Waals surface area contributed by atoms with Crippen LogP contribution in [0, 0.1) is 13.8 Å². The van der Waals surface area contributed by atoms with Crippen LogP contribution >= 0.6 is 0 Å². The van der Waals surface area contributed by atoms with Gasteiger partial charge in [0.15, 0.2) is 0 Å². The van der Waals surface area contributed by atoms with Crippen molar-refractivity contribution in [2.45, 2.75) is 31.9 Å². The fourth-order valence-corrected chi connectivity index (χ4v) is 5.13. The Morgan fingerprint density at radius 2 is 1.79 bits per heavy atom. The molecule has 0 radical (unpaired) electrons. The van der Waals surface area contributed by atoms with Crippen molar-refractivity contribution in [3.63, 3.8) is 0 Å². The second kappa shape index (κ2) is 8.69. The molecule has 0 atom stereocenters. The highest BCUT2D eigenvalue weighted by molar-refractivity contribution is 7.90. The number of nitrogens with zero attached hydrogens (tertiary/aromatic N) is 4. The van der Waals surface area contributed by atoms with E-state index in [4.69, 9.17) is 4.98 Å². The van der Waals surface area contributed by atoms with E-state index in [0.29, 0.717) is 24.6 Å². The Morgan fingerprint density at radius 3 is 2.53 bits per heavy atom. The Kier molecular flexibility index (Phi) is 5.70. The van der Waals surface area contributed by atoms with Crippen molar-refractivity contribution in [1.29, 1.82) is 0 Å². The molecule has 5 rings (SSSR count). The van der Waals surface area contributed by atoms with Crippen LogP contribution in [0.1, 0.15) is 24.2 Å². The van der Waals surface area contributed by atoms with Crippen molar-refractivity contribution in [2.75, 3.05) is 17.3 Å². The van der Waals surface area contributed by atoms with Gasteiger partial charge in [-0.25, -0.2) is 18.4 Å². The highest BCUT2D eigenvalue weighted by Gasteiger charge is 2.35. The molecule has 0 bridgehead atoms. The molecule has 34 heavy (non-hydrogen) atoms. The highest BCUT2D eigenvalue weighted by Crippen LogP contribution is 2.30. The lowest BCUT2D eigenvalue weighted by molar-refractivity contribution is 0.583. The lowest BCUT2D eigenvalue weighted by Crippen LogP contribution is -2.32. The van der Waals surface area contributed by atoms with Crippen LogP contribution in [0.3, 0.4) is 0 Å². The highest BCUT2D eigenvalue weighted by atomic mass is 32.2. The number of rotatable bonds is 8. The van der Waals surface area contributed by atoms with Gasteiger partial charge in [0.25, 0.3) is 0 Å². The van der Waals surface area contributed by atoms with Crippen LogP contribution in [-0.4, -0.2) is 39.9 Å². The predicted molar refractivity (Wildman–Crippen MR) is 135 cm³/mol. The van der Waals surface area contributed by atoms with Gasteiger partial charge in [-0.3, -0.25) is 0 Å². The van der Waals surface area contributed by atoms with Crippen LogP contribution < -0.4 is 15.4 Å². The number of anilines is 3. The first-order valence-electron chi connectivity index (χ1n) is 11.2. The Labute approximate surface area is 198 Å². The lowest BCUT2D eigenvalue weighted by Gasteiger charge is -2.15. The summed E-state index contributed by atoms with van der Waals surface area (Å²) in [5.74, 6) is 1.90. The molecule has 2 heterocycles. The lowest BCUT2D eigenvalue weighted by atomic mass is 10.1. The summed E-state index contributed by atoms with van der Waals surface area (Å²) in [6.45, 7) is 3.95. The second-order valence-electron chi connectivity index (χ2n) is 8.52. The van der Waals surface area contributed by atoms with E-state index >= 15 is 0 Å². The fourth-order valence-electron chi connectivity index (χ4n) is 3.87. The quantitative estimate of drug-likeness (QED) is 0.330. The maximum atomic E-state index is 12.2. The number of aromatic nitrogens is 4. The number of fused-ring (bicyclic) bond motifs is 1. The summed E-state index contributed by atoms with van der Waals surface area (Å²) in [5, 5.41) is 6.14. The standard InChI is InChI=1S/C24H27N7O2S/c1-15-22(17-7-5-4-6-8-17)29-24(30-23(15)25-14-26-34(32,33)19-10-11-19)28-18-9-12-21-20(13-18)27-16(2)31(21)3/h4-9,12-13,19,26H,10-11,14H2,1-3H3,(H2,25,28,29,30). The number of hydrogen-bond donors (Lipinski definition) is 3. The maximum absolute atomic E-state index is 12.2. The topological polar surface area (TPSA) is 114 Å². The Bertz CT molecular complexity index is 1460. The molecule has 9 nitrogen and oxygen atoms in total. The Balaban J connectivity index is 1.46. The molecule has 0 aliphatic heterocycles. The zero-order valence-electron chi connectivity index (χ0n) is 19.3. The smallest absolute Gasteiger partial charge is 0.229 e. The van der Waals surface area contributed by atoms with E-state index in [0.717, 1.165) is 39.4 Å². The van der Waals surface area contributed by atoms with Crippen molar-refractivity contribution < 1.29 is 8.42 Å². The van der Waals surface area contributed by atoms with Gasteiger partial charge in [-0.15, -0.1) is 0 Å². The van der Waals surface area contributed by atoms with Gasteiger partial charge < -0.3 is 15.2 Å². The normalized spacial score (nSPS) is 13.9. The molecule has 1 aliphatic rings. The molecule has 3 N–H and O–H groups in total. The molecule has 1 fully saturated rings.